The van der Waals surface area contributed by atoms with E-state index in [1.807, 2.05) is 0 Å². The van der Waals surface area contributed by atoms with E-state index in [2.05, 4.69) is 0 Å². The summed E-state index contributed by atoms with van der Waals surface area (Å²) in [5.74, 6) is 0.456. The normalized spacial score (nSPS) is 51.3. The van der Waals surface area contributed by atoms with Crippen LogP contribution >= 0.6 is 0 Å². The Morgan fingerprint density at radius 3 is 2.86 bits per heavy atom. The average molecular weight is 216 g/mol. The highest BCUT2D eigenvalue weighted by atomic mass is 32.2. The van der Waals surface area contributed by atoms with E-state index in [0.717, 1.165) is 0 Å². The molecular weight excluding hydrogens is 203 g/mol. The highest BCUT2D eigenvalue weighted by Crippen LogP contribution is 2.42. The number of ether oxygens (including phenoxy) is 3. The van der Waals surface area contributed by atoms with Crippen LogP contribution in [0, 0.1) is 0 Å². The van der Waals surface area contributed by atoms with Gasteiger partial charge in [-0.3, -0.25) is 4.21 Å². The Bertz CT molecular complexity index is 262. The van der Waals surface area contributed by atoms with E-state index < -0.39 is 22.4 Å². The zero-order chi connectivity index (χ0) is 10.3. The van der Waals surface area contributed by atoms with Gasteiger partial charge in [-0.2, -0.15) is 0 Å². The molecule has 5 atom stereocenters. The van der Waals surface area contributed by atoms with Crippen LogP contribution in [0.15, 0.2) is 0 Å². The van der Waals surface area contributed by atoms with Crippen molar-refractivity contribution in [2.24, 2.45) is 0 Å². The monoisotopic (exact) mass is 216 g/mol. The van der Waals surface area contributed by atoms with Crippen molar-refractivity contribution >= 4 is 18.6 Å². The summed E-state index contributed by atoms with van der Waals surface area (Å²) in [5, 5.41) is -0.213. The average Bonchev–Trinajstić information content (AvgIpc) is 2.51. The van der Waals surface area contributed by atoms with E-state index in [1.165, 1.54) is 0 Å². The van der Waals surface area contributed by atoms with Gasteiger partial charge >= 0.3 is 0 Å². The molecule has 78 valence electrons. The van der Waals surface area contributed by atoms with Crippen molar-refractivity contribution < 1.29 is 18.4 Å². The van der Waals surface area contributed by atoms with Gasteiger partial charge in [-0.25, -0.2) is 0 Å². The molecule has 2 heterocycles. The van der Waals surface area contributed by atoms with Crippen LogP contribution in [0.3, 0.4) is 0 Å². The Kier molecular flexibility index (Phi) is 2.72. The molecule has 0 aromatic carbocycles. The molecule has 2 aliphatic heterocycles. The first-order chi connectivity index (χ1) is 6.64. The van der Waals surface area contributed by atoms with Crippen molar-refractivity contribution in [2.75, 3.05) is 26.6 Å². The molecule has 2 bridgehead atoms. The molecule has 6 heteroatoms. The molecule has 2 aliphatic rings. The quantitative estimate of drug-likeness (QED) is 0.570. The summed E-state index contributed by atoms with van der Waals surface area (Å²) in [4.78, 5) is 0. The zero-order valence-corrected chi connectivity index (χ0v) is 9.08. The third kappa shape index (κ3) is 1.28. The summed E-state index contributed by atoms with van der Waals surface area (Å²) in [6, 6.07) is -0.496. The molecule has 14 heavy (non-hydrogen) atoms. The van der Waals surface area contributed by atoms with Crippen molar-refractivity contribution in [1.29, 1.82) is 0 Å². The van der Waals surface area contributed by atoms with Crippen molar-refractivity contribution in [1.82, 2.24) is 0 Å². The maximum absolute atomic E-state index is 11.7. The highest BCUT2D eigenvalue weighted by Gasteiger charge is 2.62. The van der Waals surface area contributed by atoms with Crippen molar-refractivity contribution in [3.8, 4) is 0 Å². The first-order valence-electron chi connectivity index (χ1n) is 4.47. The van der Waals surface area contributed by atoms with Crippen LogP contribution in [0.2, 0.25) is 0 Å². The molecule has 0 aromatic heterocycles. The second kappa shape index (κ2) is 3.59. The summed E-state index contributed by atoms with van der Waals surface area (Å²) < 4.78 is 27.7. The largest absolute Gasteiger partial charge is 0.382 e. The maximum atomic E-state index is 11.7. The van der Waals surface area contributed by atoms with Gasteiger partial charge in [0, 0.05) is 31.0 Å². The van der Waals surface area contributed by atoms with E-state index in [-0.39, 0.29) is 11.4 Å². The second-order valence-corrected chi connectivity index (χ2v) is 5.32. The molecule has 0 saturated carbocycles. The highest BCUT2D eigenvalue weighted by molar-refractivity contribution is 7.86. The predicted molar refractivity (Wildman–Crippen MR) is 52.8 cm³/mol. The number of hydrogen-bond donors (Lipinski definition) is 0. The smallest absolute Gasteiger partial charge is 0.129 e. The van der Waals surface area contributed by atoms with Gasteiger partial charge in [0.05, 0.1) is 17.6 Å². The van der Waals surface area contributed by atoms with E-state index in [1.54, 1.807) is 14.2 Å². The summed E-state index contributed by atoms with van der Waals surface area (Å²) in [6.07, 6.45) is -0.210. The van der Waals surface area contributed by atoms with E-state index >= 15 is 0 Å². The molecule has 0 amide bonds. The summed E-state index contributed by atoms with van der Waals surface area (Å²) in [6.45, 7) is 0.376. The Labute approximate surface area is 87.1 Å². The minimum atomic E-state index is -0.967. The van der Waals surface area contributed by atoms with Gasteiger partial charge in [0.2, 0.25) is 0 Å². The summed E-state index contributed by atoms with van der Waals surface area (Å²) in [7, 11) is 7.95. The van der Waals surface area contributed by atoms with Gasteiger partial charge < -0.3 is 14.2 Å². The molecule has 2 rings (SSSR count). The van der Waals surface area contributed by atoms with Crippen LogP contribution in [0.5, 0.6) is 0 Å². The lowest BCUT2D eigenvalue weighted by Crippen LogP contribution is -2.46. The minimum absolute atomic E-state index is 0.210. The number of fused-ring (bicyclic) bond motifs is 2. The number of hydrogen-bond acceptors (Lipinski definition) is 4. The lowest BCUT2D eigenvalue weighted by Gasteiger charge is -2.29. The lowest BCUT2D eigenvalue weighted by molar-refractivity contribution is -0.0984. The fraction of sp³-hybridized carbons (Fsp3) is 1.00. The standard InChI is InChI=1S/C8H13BO4S/c1-11-3-8-4-14(10)5(6(8)12-2)7(9)13-8/h5-7H,3-4H2,1-2H3/t5-,6+,7-,8+,14?/m1/s1. The van der Waals surface area contributed by atoms with Crippen LogP contribution in [0.25, 0.3) is 0 Å². The van der Waals surface area contributed by atoms with Gasteiger partial charge in [0.1, 0.15) is 19.6 Å². The summed E-state index contributed by atoms with van der Waals surface area (Å²) >= 11 is 0. The molecular formula is C8H13BO4S. The zero-order valence-electron chi connectivity index (χ0n) is 8.26. The van der Waals surface area contributed by atoms with Crippen LogP contribution in [-0.4, -0.2) is 61.6 Å². The van der Waals surface area contributed by atoms with E-state index in [9.17, 15) is 4.21 Å². The van der Waals surface area contributed by atoms with Crippen LogP contribution in [-0.2, 0) is 25.0 Å². The molecule has 1 unspecified atom stereocenters. The molecule has 2 fully saturated rings. The third-order valence-electron chi connectivity index (χ3n) is 2.84. The number of methoxy groups -OCH3 is 2. The SMILES string of the molecule is [B][C@@H]1O[C@@]2(COC)CS(=O)[C@@H]1[C@@H]2OC. The fourth-order valence-corrected chi connectivity index (χ4v) is 4.35. The first kappa shape index (κ1) is 10.6. The van der Waals surface area contributed by atoms with Crippen molar-refractivity contribution in [2.45, 2.75) is 23.0 Å². The molecule has 0 aromatic rings. The van der Waals surface area contributed by atoms with Gasteiger partial charge in [-0.05, 0) is 0 Å². The van der Waals surface area contributed by atoms with Crippen molar-refractivity contribution in [3.63, 3.8) is 0 Å². The maximum Gasteiger partial charge on any atom is 0.129 e. The Hall–Kier alpha value is 0.0949. The van der Waals surface area contributed by atoms with Crippen LogP contribution in [0.4, 0.5) is 0 Å². The van der Waals surface area contributed by atoms with Crippen molar-refractivity contribution in [3.05, 3.63) is 0 Å². The Morgan fingerprint density at radius 2 is 2.36 bits per heavy atom. The molecule has 2 radical (unpaired) electrons. The fourth-order valence-electron chi connectivity index (χ4n) is 2.37. The molecule has 4 nitrogen and oxygen atoms in total. The van der Waals surface area contributed by atoms with Crippen LogP contribution < -0.4 is 0 Å². The van der Waals surface area contributed by atoms with E-state index in [4.69, 9.17) is 22.1 Å². The Morgan fingerprint density at radius 1 is 1.64 bits per heavy atom. The number of rotatable bonds is 3. The molecule has 0 N–H and O–H groups in total. The first-order valence-corrected chi connectivity index (χ1v) is 5.85. The van der Waals surface area contributed by atoms with Crippen LogP contribution in [0.1, 0.15) is 0 Å². The van der Waals surface area contributed by atoms with Gasteiger partial charge in [0.15, 0.2) is 0 Å². The van der Waals surface area contributed by atoms with Gasteiger partial charge in [-0.15, -0.1) is 0 Å². The molecule has 0 aliphatic carbocycles. The van der Waals surface area contributed by atoms with Gasteiger partial charge in [0.25, 0.3) is 0 Å². The molecule has 2 saturated heterocycles. The topological polar surface area (TPSA) is 44.8 Å². The second-order valence-electron chi connectivity index (χ2n) is 3.73. The Balaban J connectivity index is 2.27. The molecule has 0 spiro atoms. The third-order valence-corrected chi connectivity index (χ3v) is 4.74. The minimum Gasteiger partial charge on any atom is -0.382 e. The van der Waals surface area contributed by atoms with E-state index in [0.29, 0.717) is 12.4 Å². The predicted octanol–water partition coefficient (Wildman–Crippen LogP) is -0.958. The summed E-state index contributed by atoms with van der Waals surface area (Å²) in [5.41, 5.74) is -0.599. The van der Waals surface area contributed by atoms with Gasteiger partial charge in [-0.1, -0.05) is 0 Å². The lowest BCUT2D eigenvalue weighted by atomic mass is 9.93.